The molecule has 2 unspecified atom stereocenters. The van der Waals surface area contributed by atoms with Crippen molar-refractivity contribution in [2.24, 2.45) is 0 Å². The number of aliphatic carboxylic acids is 2. The average molecular weight is 569 g/mol. The van der Waals surface area contributed by atoms with Crippen LogP contribution in [-0.2, 0) is 22.4 Å². The Bertz CT molecular complexity index is 1780. The first-order valence-electron chi connectivity index (χ1n) is 14.9. The molecule has 0 spiro atoms. The summed E-state index contributed by atoms with van der Waals surface area (Å²) in [5, 5.41) is 19.0. The van der Waals surface area contributed by atoms with Gasteiger partial charge in [-0.1, -0.05) is 20.8 Å². The highest BCUT2D eigenvalue weighted by Gasteiger charge is 2.30. The fourth-order valence-electron chi connectivity index (χ4n) is 6.58. The van der Waals surface area contributed by atoms with Gasteiger partial charge in [-0.2, -0.15) is 0 Å². The Kier molecular flexibility index (Phi) is 8.08. The van der Waals surface area contributed by atoms with Gasteiger partial charge in [-0.15, -0.1) is 0 Å². The van der Waals surface area contributed by atoms with Gasteiger partial charge in [-0.3, -0.25) is 14.6 Å². The Morgan fingerprint density at radius 2 is 1.36 bits per heavy atom. The SMILES string of the molecule is CCc1c(C)c2cc3[nH]c(cc4nc(cc5nc(cc1[nH]2)C(C)=C5CCC(=O)O)C(CCC(=O)O)C4C)c(C)c3CC. The van der Waals surface area contributed by atoms with Crippen LogP contribution in [0, 0.1) is 13.8 Å². The lowest BCUT2D eigenvalue weighted by Gasteiger charge is -2.15. The lowest BCUT2D eigenvalue weighted by Crippen LogP contribution is -2.06. The van der Waals surface area contributed by atoms with Gasteiger partial charge in [0.15, 0.2) is 0 Å². The third kappa shape index (κ3) is 5.38. The van der Waals surface area contributed by atoms with Crippen molar-refractivity contribution < 1.29 is 19.8 Å². The number of hydrogen-bond acceptors (Lipinski definition) is 4. The molecule has 0 amide bonds. The number of allylic oxidation sites excluding steroid dienone is 2. The van der Waals surface area contributed by atoms with Crippen LogP contribution in [0.3, 0.4) is 0 Å². The molecular weight excluding hydrogens is 528 g/mol. The van der Waals surface area contributed by atoms with E-state index in [1.165, 1.54) is 22.3 Å². The molecule has 8 nitrogen and oxygen atoms in total. The number of aryl methyl sites for hydroxylation is 4. The second-order valence-corrected chi connectivity index (χ2v) is 11.6. The van der Waals surface area contributed by atoms with E-state index in [2.05, 4.69) is 62.8 Å². The lowest BCUT2D eigenvalue weighted by atomic mass is 9.87. The fourth-order valence-corrected chi connectivity index (χ4v) is 6.58. The van der Waals surface area contributed by atoms with Crippen LogP contribution < -0.4 is 0 Å². The molecule has 2 aliphatic rings. The fraction of sp³-hybridized carbons (Fsp3) is 0.412. The zero-order chi connectivity index (χ0) is 30.3. The molecule has 3 aromatic heterocycles. The van der Waals surface area contributed by atoms with Gasteiger partial charge in [-0.25, -0.2) is 4.98 Å². The van der Waals surface area contributed by atoms with E-state index in [1.807, 2.05) is 13.0 Å². The lowest BCUT2D eigenvalue weighted by molar-refractivity contribution is -0.138. The molecule has 2 atom stereocenters. The monoisotopic (exact) mass is 568 g/mol. The van der Waals surface area contributed by atoms with E-state index in [0.717, 1.165) is 63.1 Å². The zero-order valence-electron chi connectivity index (χ0n) is 25.3. The van der Waals surface area contributed by atoms with Crippen molar-refractivity contribution in [2.45, 2.75) is 91.9 Å². The molecule has 0 saturated heterocycles. The summed E-state index contributed by atoms with van der Waals surface area (Å²) in [6, 6.07) is 8.33. The maximum absolute atomic E-state index is 11.6. The van der Waals surface area contributed by atoms with Crippen LogP contribution >= 0.6 is 0 Å². The Hall–Kier alpha value is -4.20. The Morgan fingerprint density at radius 1 is 0.762 bits per heavy atom. The Balaban J connectivity index is 1.89. The quantitative estimate of drug-likeness (QED) is 0.221. The van der Waals surface area contributed by atoms with Gasteiger partial charge in [0.1, 0.15) is 0 Å². The number of carbonyl (C=O) groups is 2. The van der Waals surface area contributed by atoms with E-state index in [0.29, 0.717) is 18.5 Å². The average Bonchev–Trinajstić information content (AvgIpc) is 3.59. The first-order chi connectivity index (χ1) is 20.0. The first kappa shape index (κ1) is 29.3. The number of nitrogens with one attached hydrogen (secondary N) is 2. The van der Waals surface area contributed by atoms with Gasteiger partial charge in [-0.05, 0) is 104 Å². The highest BCUT2D eigenvalue weighted by Crippen LogP contribution is 2.41. The summed E-state index contributed by atoms with van der Waals surface area (Å²) in [6.45, 7) is 12.7. The minimum Gasteiger partial charge on any atom is -0.481 e. The summed E-state index contributed by atoms with van der Waals surface area (Å²) in [5.41, 5.74) is 14.0. The maximum Gasteiger partial charge on any atom is 0.303 e. The molecular formula is C34H40N4O4. The van der Waals surface area contributed by atoms with Gasteiger partial charge in [0.2, 0.25) is 0 Å². The number of nitrogens with zero attached hydrogens (tertiary/aromatic N) is 2. The smallest absolute Gasteiger partial charge is 0.303 e. The molecule has 2 aliphatic heterocycles. The molecule has 8 bridgehead atoms. The minimum atomic E-state index is -0.859. The highest BCUT2D eigenvalue weighted by atomic mass is 16.4. The molecule has 4 N–H and O–H groups in total. The number of rotatable bonds is 8. The standard InChI is InChI=1S/C34H40N4O4/c1-7-21-17(3)25-13-26-19(5)23(9-11-33(39)40)31(37-26)16-32-24(10-12-34(41)42)20(6)28(38-32)15-30-22(8-2)18(4)27(36-30)14-29(21)35-25/h13-16,19,23,35-36H,7-12H2,1-6H3,(H,39,40)(H,41,42). The minimum absolute atomic E-state index is 0.00180. The van der Waals surface area contributed by atoms with E-state index in [1.54, 1.807) is 0 Å². The number of fused-ring (bicyclic) bond motifs is 8. The molecule has 220 valence electrons. The first-order valence-corrected chi connectivity index (χ1v) is 14.9. The van der Waals surface area contributed by atoms with Crippen molar-refractivity contribution in [3.63, 3.8) is 0 Å². The number of H-pyrrole nitrogens is 2. The van der Waals surface area contributed by atoms with Crippen molar-refractivity contribution in [1.29, 1.82) is 0 Å². The van der Waals surface area contributed by atoms with Gasteiger partial charge < -0.3 is 20.2 Å². The highest BCUT2D eigenvalue weighted by molar-refractivity contribution is 5.93. The van der Waals surface area contributed by atoms with Gasteiger partial charge in [0.05, 0.1) is 11.4 Å². The second-order valence-electron chi connectivity index (χ2n) is 11.6. The number of carboxylic acid groups (broad SMARTS) is 2. The molecule has 3 aromatic rings. The summed E-state index contributed by atoms with van der Waals surface area (Å²) >= 11 is 0. The maximum atomic E-state index is 11.6. The van der Waals surface area contributed by atoms with Crippen LogP contribution in [-0.4, -0.2) is 42.1 Å². The summed E-state index contributed by atoms with van der Waals surface area (Å²) in [6.07, 6.45) is 2.59. The zero-order valence-corrected chi connectivity index (χ0v) is 25.3. The predicted octanol–water partition coefficient (Wildman–Crippen LogP) is 7.60. The Morgan fingerprint density at radius 3 is 1.95 bits per heavy atom. The van der Waals surface area contributed by atoms with Crippen LogP contribution in [0.15, 0.2) is 24.3 Å². The van der Waals surface area contributed by atoms with E-state index in [-0.39, 0.29) is 24.7 Å². The van der Waals surface area contributed by atoms with E-state index in [9.17, 15) is 19.8 Å². The van der Waals surface area contributed by atoms with E-state index >= 15 is 0 Å². The van der Waals surface area contributed by atoms with E-state index < -0.39 is 11.9 Å². The number of aromatic nitrogens is 4. The van der Waals surface area contributed by atoms with Crippen molar-refractivity contribution in [2.75, 3.05) is 0 Å². The summed E-state index contributed by atoms with van der Waals surface area (Å²) in [5.74, 6) is -1.77. The molecule has 0 radical (unpaired) electrons. The van der Waals surface area contributed by atoms with Crippen LogP contribution in [0.4, 0.5) is 0 Å². The van der Waals surface area contributed by atoms with Crippen LogP contribution in [0.5, 0.6) is 0 Å². The number of hydrogen-bond donors (Lipinski definition) is 4. The van der Waals surface area contributed by atoms with Crippen molar-refractivity contribution in [3.8, 4) is 0 Å². The Labute approximate surface area is 246 Å². The van der Waals surface area contributed by atoms with Gasteiger partial charge in [0.25, 0.3) is 0 Å². The van der Waals surface area contributed by atoms with Crippen LogP contribution in [0.2, 0.25) is 0 Å². The number of carboxylic acids is 2. The topological polar surface area (TPSA) is 132 Å². The second kappa shape index (κ2) is 11.6. The summed E-state index contributed by atoms with van der Waals surface area (Å²) < 4.78 is 0. The molecule has 0 aromatic carbocycles. The summed E-state index contributed by atoms with van der Waals surface area (Å²) in [4.78, 5) is 40.5. The molecule has 0 aliphatic carbocycles. The molecule has 0 saturated carbocycles. The van der Waals surface area contributed by atoms with Crippen LogP contribution in [0.1, 0.15) is 110 Å². The molecule has 5 rings (SSSR count). The van der Waals surface area contributed by atoms with Crippen LogP contribution in [0.25, 0.3) is 33.2 Å². The summed E-state index contributed by atoms with van der Waals surface area (Å²) in [7, 11) is 0. The molecule has 42 heavy (non-hydrogen) atoms. The van der Waals surface area contributed by atoms with Crippen molar-refractivity contribution >= 4 is 45.2 Å². The van der Waals surface area contributed by atoms with Gasteiger partial charge >= 0.3 is 11.9 Å². The normalized spacial score (nSPS) is 16.7. The largest absolute Gasteiger partial charge is 0.481 e. The molecule has 5 heterocycles. The third-order valence-electron chi connectivity index (χ3n) is 9.11. The van der Waals surface area contributed by atoms with Crippen molar-refractivity contribution in [1.82, 2.24) is 19.9 Å². The molecule has 0 fully saturated rings. The van der Waals surface area contributed by atoms with Gasteiger partial charge in [0, 0.05) is 58.1 Å². The van der Waals surface area contributed by atoms with Crippen molar-refractivity contribution in [3.05, 3.63) is 69.3 Å². The third-order valence-corrected chi connectivity index (χ3v) is 9.11. The molecule has 8 heteroatoms. The number of aromatic amines is 2. The predicted molar refractivity (Wildman–Crippen MR) is 167 cm³/mol. The van der Waals surface area contributed by atoms with E-state index in [4.69, 9.17) is 9.97 Å².